The van der Waals surface area contributed by atoms with Crippen LogP contribution in [0.2, 0.25) is 0 Å². The second-order valence-corrected chi connectivity index (χ2v) is 8.95. The zero-order valence-corrected chi connectivity index (χ0v) is 19.2. The number of nitrogens with zero attached hydrogens (tertiary/aromatic N) is 3. The first-order valence-corrected chi connectivity index (χ1v) is 10.1. The van der Waals surface area contributed by atoms with E-state index in [1.165, 1.54) is 6.08 Å². The van der Waals surface area contributed by atoms with Crippen molar-refractivity contribution < 1.29 is 18.8 Å². The summed E-state index contributed by atoms with van der Waals surface area (Å²) in [6.07, 6.45) is 1.49. The zero-order valence-electron chi connectivity index (χ0n) is 19.2. The first kappa shape index (κ1) is 23.9. The number of carbonyl (C=O) groups excluding carboxylic acids is 2. The molecule has 31 heavy (non-hydrogen) atoms. The van der Waals surface area contributed by atoms with Gasteiger partial charge in [-0.2, -0.15) is 5.26 Å². The van der Waals surface area contributed by atoms with Gasteiger partial charge in [0, 0.05) is 29.4 Å². The van der Waals surface area contributed by atoms with Crippen molar-refractivity contribution >= 4 is 23.8 Å². The van der Waals surface area contributed by atoms with Crippen LogP contribution >= 0.6 is 0 Å². The van der Waals surface area contributed by atoms with E-state index < -0.39 is 18.5 Å². The number of carbonyl (C=O) groups is 2. The van der Waals surface area contributed by atoms with Gasteiger partial charge in [-0.3, -0.25) is 10.1 Å². The van der Waals surface area contributed by atoms with Crippen LogP contribution in [-0.2, 0) is 26.3 Å². The lowest BCUT2D eigenvalue weighted by Crippen LogP contribution is -2.21. The second kappa shape index (κ2) is 9.65. The summed E-state index contributed by atoms with van der Waals surface area (Å²) in [5.41, 5.74) is 3.06. The Morgan fingerprint density at radius 1 is 1.32 bits per heavy atom. The average Bonchev–Trinajstić information content (AvgIpc) is 3.24. The summed E-state index contributed by atoms with van der Waals surface area (Å²) in [5.74, 6) is -0.819. The maximum absolute atomic E-state index is 12.3. The minimum absolute atomic E-state index is 0.166. The van der Waals surface area contributed by atoms with E-state index in [4.69, 9.17) is 9.26 Å². The average molecular weight is 427 g/mol. The number of ether oxygens (including phenoxy) is 1. The van der Waals surface area contributed by atoms with Crippen molar-refractivity contribution in [3.8, 4) is 6.07 Å². The minimum Gasteiger partial charge on any atom is -0.451 e. The summed E-state index contributed by atoms with van der Waals surface area (Å²) in [5, 5.41) is 15.8. The van der Waals surface area contributed by atoms with Crippen molar-refractivity contribution in [3.63, 3.8) is 0 Å². The third-order valence-electron chi connectivity index (χ3n) is 4.68. The quantitative estimate of drug-likeness (QED) is 0.405. The molecule has 0 fully saturated rings. The van der Waals surface area contributed by atoms with Crippen molar-refractivity contribution in [2.24, 2.45) is 5.92 Å². The van der Waals surface area contributed by atoms with Gasteiger partial charge in [-0.05, 0) is 37.5 Å². The maximum Gasteiger partial charge on any atom is 0.349 e. The van der Waals surface area contributed by atoms with Gasteiger partial charge in [0.25, 0.3) is 5.91 Å². The second-order valence-electron chi connectivity index (χ2n) is 8.95. The van der Waals surface area contributed by atoms with Gasteiger partial charge in [0.2, 0.25) is 5.88 Å². The van der Waals surface area contributed by atoms with Crippen LogP contribution in [-0.4, -0.2) is 28.2 Å². The van der Waals surface area contributed by atoms with Crippen LogP contribution in [0.3, 0.4) is 0 Å². The first-order chi connectivity index (χ1) is 14.4. The highest BCUT2D eigenvalue weighted by atomic mass is 16.5. The Kier molecular flexibility index (Phi) is 7.45. The Bertz CT molecular complexity index is 1030. The fourth-order valence-corrected chi connectivity index (χ4v) is 2.98. The maximum atomic E-state index is 12.3. The molecular weight excluding hydrogens is 396 g/mol. The van der Waals surface area contributed by atoms with E-state index in [9.17, 15) is 14.9 Å². The molecule has 0 aliphatic rings. The molecule has 0 bridgehead atoms. The van der Waals surface area contributed by atoms with Crippen molar-refractivity contribution in [2.45, 2.75) is 60.4 Å². The fraction of sp³-hybridized carbons (Fsp3) is 0.478. The largest absolute Gasteiger partial charge is 0.451 e. The minimum atomic E-state index is -0.862. The molecule has 0 atom stereocenters. The molecule has 0 saturated heterocycles. The number of hydrogen-bond acceptors (Lipinski definition) is 6. The number of anilines is 1. The highest BCUT2D eigenvalue weighted by Gasteiger charge is 2.20. The van der Waals surface area contributed by atoms with Crippen molar-refractivity contribution in [1.82, 2.24) is 9.72 Å². The van der Waals surface area contributed by atoms with Gasteiger partial charge in [-0.1, -0.05) is 39.8 Å². The molecule has 8 heteroatoms. The van der Waals surface area contributed by atoms with E-state index in [1.807, 2.05) is 46.8 Å². The smallest absolute Gasteiger partial charge is 0.349 e. The van der Waals surface area contributed by atoms with Gasteiger partial charge in [0.05, 0.1) is 5.69 Å². The van der Waals surface area contributed by atoms with Crippen LogP contribution < -0.4 is 5.32 Å². The Hall–Kier alpha value is -3.34. The summed E-state index contributed by atoms with van der Waals surface area (Å²) < 4.78 is 12.2. The van der Waals surface area contributed by atoms with Crippen LogP contribution in [0.1, 0.15) is 57.3 Å². The highest BCUT2D eigenvalue weighted by Crippen LogP contribution is 2.23. The molecule has 2 heterocycles. The van der Waals surface area contributed by atoms with Crippen LogP contribution in [0, 0.1) is 31.1 Å². The fourth-order valence-electron chi connectivity index (χ4n) is 2.98. The summed E-state index contributed by atoms with van der Waals surface area (Å²) in [6.45, 7) is 14.4. The number of aromatic nitrogens is 2. The number of esters is 1. The lowest BCUT2D eigenvalue weighted by Gasteiger charge is -2.12. The van der Waals surface area contributed by atoms with Crippen LogP contribution in [0.4, 0.5) is 5.88 Å². The van der Waals surface area contributed by atoms with Gasteiger partial charge in [0.15, 0.2) is 6.61 Å². The molecule has 166 valence electrons. The number of hydrogen-bond donors (Lipinski definition) is 1. The third-order valence-corrected chi connectivity index (χ3v) is 4.68. The molecule has 2 aromatic rings. The lowest BCUT2D eigenvalue weighted by molar-refractivity contribution is -0.142. The van der Waals surface area contributed by atoms with Gasteiger partial charge >= 0.3 is 5.97 Å². The van der Waals surface area contributed by atoms with Crippen molar-refractivity contribution in [2.75, 3.05) is 11.9 Å². The Morgan fingerprint density at radius 2 is 2.00 bits per heavy atom. The summed E-state index contributed by atoms with van der Waals surface area (Å²) >= 11 is 0. The molecule has 1 amide bonds. The molecule has 2 aromatic heterocycles. The molecule has 2 rings (SSSR count). The van der Waals surface area contributed by atoms with Crippen LogP contribution in [0.5, 0.6) is 0 Å². The molecule has 8 nitrogen and oxygen atoms in total. The van der Waals surface area contributed by atoms with Crippen LogP contribution in [0.15, 0.2) is 22.2 Å². The number of nitrogens with one attached hydrogen (secondary N) is 1. The highest BCUT2D eigenvalue weighted by molar-refractivity contribution is 6.00. The van der Waals surface area contributed by atoms with Crippen molar-refractivity contribution in [1.29, 1.82) is 5.26 Å². The number of amides is 1. The molecule has 1 N–H and O–H groups in total. The summed E-state index contributed by atoms with van der Waals surface area (Å²) in [4.78, 5) is 24.4. The number of nitriles is 1. The SMILES string of the molecule is Cc1cc(/C=C(\C#N)C(=O)OCC(=O)Nc2cc(C(C)(C)C)no2)c(C)n1CC(C)C. The standard InChI is InChI=1S/C23H30N4O4/c1-14(2)12-27-15(3)8-17(16(27)4)9-18(11-24)22(29)30-13-20(28)25-21-10-19(26-31-21)23(5,6)7/h8-10,14H,12-13H2,1-7H3,(H,25,28)/b18-9+. The lowest BCUT2D eigenvalue weighted by atomic mass is 9.92. The topological polar surface area (TPSA) is 110 Å². The van der Waals surface area contributed by atoms with Gasteiger partial charge in [-0.15, -0.1) is 0 Å². The van der Waals surface area contributed by atoms with Crippen molar-refractivity contribution in [3.05, 3.63) is 40.4 Å². The first-order valence-electron chi connectivity index (χ1n) is 10.1. The molecule has 0 aliphatic heterocycles. The number of aryl methyl sites for hydroxylation is 1. The Morgan fingerprint density at radius 3 is 2.55 bits per heavy atom. The number of rotatable bonds is 7. The monoisotopic (exact) mass is 426 g/mol. The normalized spacial score (nSPS) is 12.0. The van der Waals surface area contributed by atoms with Gasteiger partial charge in [-0.25, -0.2) is 4.79 Å². The molecule has 0 saturated carbocycles. The van der Waals surface area contributed by atoms with E-state index in [0.717, 1.165) is 23.5 Å². The van der Waals surface area contributed by atoms with E-state index in [-0.39, 0.29) is 16.9 Å². The molecule has 0 unspecified atom stereocenters. The predicted molar refractivity (Wildman–Crippen MR) is 117 cm³/mol. The molecule has 0 aromatic carbocycles. The molecule has 0 radical (unpaired) electrons. The predicted octanol–water partition coefficient (Wildman–Crippen LogP) is 4.14. The third kappa shape index (κ3) is 6.32. The Balaban J connectivity index is 2.03. The Labute approximate surface area is 182 Å². The van der Waals surface area contributed by atoms with Gasteiger partial charge in [0.1, 0.15) is 11.6 Å². The van der Waals surface area contributed by atoms with E-state index >= 15 is 0 Å². The van der Waals surface area contributed by atoms with E-state index in [2.05, 4.69) is 28.9 Å². The molecule has 0 spiro atoms. The molecular formula is C23H30N4O4. The summed E-state index contributed by atoms with van der Waals surface area (Å²) in [6, 6.07) is 5.40. The molecule has 0 aliphatic carbocycles. The van der Waals surface area contributed by atoms with E-state index in [1.54, 1.807) is 6.07 Å². The van der Waals surface area contributed by atoms with Gasteiger partial charge < -0.3 is 13.8 Å². The summed E-state index contributed by atoms with van der Waals surface area (Å²) in [7, 11) is 0. The zero-order chi connectivity index (χ0) is 23.3. The van der Waals surface area contributed by atoms with E-state index in [0.29, 0.717) is 11.6 Å². The van der Waals surface area contributed by atoms with Crippen LogP contribution in [0.25, 0.3) is 6.08 Å².